The first-order valence-corrected chi connectivity index (χ1v) is 8.54. The Bertz CT molecular complexity index is 374. The van der Waals surface area contributed by atoms with E-state index in [1.165, 1.54) is 16.0 Å². The van der Waals surface area contributed by atoms with Crippen LogP contribution in [0, 0.1) is 0 Å². The zero-order valence-electron chi connectivity index (χ0n) is 9.24. The fraction of sp³-hybridized carbons (Fsp3) is 0.143. The summed E-state index contributed by atoms with van der Waals surface area (Å²) < 4.78 is 0. The molecule has 0 heterocycles. The van der Waals surface area contributed by atoms with E-state index < -0.39 is 0 Å². The van der Waals surface area contributed by atoms with E-state index >= 15 is 0 Å². The molecule has 2 rings (SSSR count). The molecule has 0 unspecified atom stereocenters. The summed E-state index contributed by atoms with van der Waals surface area (Å²) in [4.78, 5) is 0. The monoisotopic (exact) mass is 272 g/mol. The van der Waals surface area contributed by atoms with Crippen LogP contribution in [0.15, 0.2) is 60.7 Å². The molecule has 0 fully saturated rings. The van der Waals surface area contributed by atoms with E-state index in [0.29, 0.717) is 0 Å². The molecule has 0 saturated heterocycles. The third-order valence-electron chi connectivity index (χ3n) is 2.13. The van der Waals surface area contributed by atoms with Gasteiger partial charge in [-0.2, -0.15) is 0 Å². The van der Waals surface area contributed by atoms with Crippen LogP contribution in [0.5, 0.6) is 0 Å². The van der Waals surface area contributed by atoms with Crippen molar-refractivity contribution in [3.8, 4) is 0 Å². The maximum atomic E-state index is 2.24. The van der Waals surface area contributed by atoms with Gasteiger partial charge in [0.05, 0.1) is 0 Å². The van der Waals surface area contributed by atoms with E-state index in [1.54, 1.807) is 0 Å². The van der Waals surface area contributed by atoms with Gasteiger partial charge in [0.15, 0.2) is 0 Å². The summed E-state index contributed by atoms with van der Waals surface area (Å²) in [6.07, 6.45) is 0. The molecular formula is C14H15NiP. The average Bonchev–Trinajstić information content (AvgIpc) is 2.38. The van der Waals surface area contributed by atoms with Crippen LogP contribution in [0.3, 0.4) is 0 Å². The second kappa shape index (κ2) is 6.19. The molecule has 86 valence electrons. The van der Waals surface area contributed by atoms with Gasteiger partial charge in [-0.3, -0.25) is 0 Å². The van der Waals surface area contributed by atoms with Gasteiger partial charge in [-0.1, -0.05) is 0 Å². The molecule has 0 amide bonds. The number of hydrogen-bond acceptors (Lipinski definition) is 0. The fourth-order valence-electron chi connectivity index (χ4n) is 1.46. The van der Waals surface area contributed by atoms with Gasteiger partial charge >= 0.3 is 104 Å². The molecule has 0 aliphatic rings. The third-order valence-corrected chi connectivity index (χ3v) is 7.38. The molecule has 0 bridgehead atoms. The molecule has 0 saturated carbocycles. The van der Waals surface area contributed by atoms with Gasteiger partial charge in [0.2, 0.25) is 0 Å². The van der Waals surface area contributed by atoms with Crippen molar-refractivity contribution in [2.24, 2.45) is 0 Å². The van der Waals surface area contributed by atoms with Crippen molar-refractivity contribution >= 4 is 17.3 Å². The summed E-state index contributed by atoms with van der Waals surface area (Å²) in [5.74, 6) is 0. The Labute approximate surface area is 104 Å². The second-order valence-electron chi connectivity index (χ2n) is 3.25. The molecule has 16 heavy (non-hydrogen) atoms. The predicted octanol–water partition coefficient (Wildman–Crippen LogP) is 3.56. The molecule has 0 aliphatic heterocycles. The standard InChI is InChI=1S/C12H10P.C2H5.Ni/c1-3-7-11(8-4-1)13-12-9-5-2-6-10-12;1-2;/h1-10H;1H2,2H3;/q-1;;+1. The Kier molecular flexibility index (Phi) is 4.58. The minimum absolute atomic E-state index is 0.213. The van der Waals surface area contributed by atoms with E-state index in [9.17, 15) is 0 Å². The van der Waals surface area contributed by atoms with Crippen LogP contribution in [-0.2, 0) is 14.0 Å². The van der Waals surface area contributed by atoms with Crippen LogP contribution in [0.25, 0.3) is 0 Å². The van der Waals surface area contributed by atoms with Crippen LogP contribution < -0.4 is 10.6 Å². The van der Waals surface area contributed by atoms with Crippen molar-refractivity contribution in [2.75, 3.05) is 0 Å². The van der Waals surface area contributed by atoms with Crippen molar-refractivity contribution in [1.29, 1.82) is 0 Å². The van der Waals surface area contributed by atoms with E-state index in [2.05, 4.69) is 67.6 Å². The Morgan fingerprint density at radius 2 is 1.25 bits per heavy atom. The van der Waals surface area contributed by atoms with Gasteiger partial charge in [0, 0.05) is 0 Å². The van der Waals surface area contributed by atoms with Crippen LogP contribution in [0.2, 0.25) is 5.39 Å². The SMILES string of the molecule is C[CH2][Ni][P](c1ccccc1)c1ccccc1. The first-order chi connectivity index (χ1) is 7.92. The van der Waals surface area contributed by atoms with E-state index in [1.807, 2.05) is 14.0 Å². The van der Waals surface area contributed by atoms with Crippen LogP contribution in [0.1, 0.15) is 6.92 Å². The first-order valence-electron chi connectivity index (χ1n) is 5.34. The zero-order chi connectivity index (χ0) is 11.2. The van der Waals surface area contributed by atoms with Gasteiger partial charge in [-0.25, -0.2) is 0 Å². The summed E-state index contributed by atoms with van der Waals surface area (Å²) in [5.41, 5.74) is 0. The molecule has 0 N–H and O–H groups in total. The summed E-state index contributed by atoms with van der Waals surface area (Å²) in [6.45, 7) is 2.02. The van der Waals surface area contributed by atoms with Gasteiger partial charge in [0.1, 0.15) is 0 Å². The molecule has 2 aromatic carbocycles. The fourth-order valence-corrected chi connectivity index (χ4v) is 5.93. The molecule has 0 atom stereocenters. The summed E-state index contributed by atoms with van der Waals surface area (Å²) >= 11 is 1.86. The number of rotatable bonds is 4. The molecule has 0 aliphatic carbocycles. The summed E-state index contributed by atoms with van der Waals surface area (Å²) in [7, 11) is 0. The molecule has 2 aromatic rings. The van der Waals surface area contributed by atoms with Gasteiger partial charge in [-0.05, 0) is 0 Å². The van der Waals surface area contributed by atoms with Crippen molar-refractivity contribution in [3.63, 3.8) is 0 Å². The maximum absolute atomic E-state index is 2.24. The average molecular weight is 273 g/mol. The topological polar surface area (TPSA) is 0 Å². The van der Waals surface area contributed by atoms with Crippen LogP contribution >= 0.6 is 6.70 Å². The third kappa shape index (κ3) is 2.94. The zero-order valence-corrected chi connectivity index (χ0v) is 11.1. The summed E-state index contributed by atoms with van der Waals surface area (Å²) in [5, 5.41) is 4.11. The quantitative estimate of drug-likeness (QED) is 0.590. The van der Waals surface area contributed by atoms with Gasteiger partial charge in [-0.15, -0.1) is 0 Å². The van der Waals surface area contributed by atoms with Crippen LogP contribution in [0.4, 0.5) is 0 Å². The van der Waals surface area contributed by atoms with E-state index in [0.717, 1.165) is 0 Å². The van der Waals surface area contributed by atoms with Crippen molar-refractivity contribution in [2.45, 2.75) is 12.3 Å². The number of benzene rings is 2. The van der Waals surface area contributed by atoms with Crippen LogP contribution in [-0.4, -0.2) is 0 Å². The molecule has 0 nitrogen and oxygen atoms in total. The Morgan fingerprint density at radius 1 is 0.812 bits per heavy atom. The van der Waals surface area contributed by atoms with E-state index in [-0.39, 0.29) is 6.70 Å². The normalized spacial score (nSPS) is 10.9. The summed E-state index contributed by atoms with van der Waals surface area (Å²) in [6, 6.07) is 21.7. The molecule has 0 aromatic heterocycles. The van der Waals surface area contributed by atoms with Gasteiger partial charge in [0.25, 0.3) is 0 Å². The molecule has 2 heteroatoms. The molecular weight excluding hydrogens is 258 g/mol. The minimum atomic E-state index is -0.213. The first kappa shape index (κ1) is 11.8. The Morgan fingerprint density at radius 3 is 1.62 bits per heavy atom. The van der Waals surface area contributed by atoms with Crippen molar-refractivity contribution in [3.05, 3.63) is 60.7 Å². The van der Waals surface area contributed by atoms with Gasteiger partial charge < -0.3 is 0 Å². The van der Waals surface area contributed by atoms with Crippen molar-refractivity contribution < 1.29 is 14.0 Å². The van der Waals surface area contributed by atoms with E-state index in [4.69, 9.17) is 0 Å². The molecule has 0 spiro atoms. The van der Waals surface area contributed by atoms with Crippen molar-refractivity contribution in [1.82, 2.24) is 0 Å². The number of hydrogen-bond donors (Lipinski definition) is 0. The Hall–Kier alpha value is -0.636. The Balaban J connectivity index is 2.31. The predicted molar refractivity (Wildman–Crippen MR) is 69.6 cm³/mol. The molecule has 0 radical (unpaired) electrons. The second-order valence-corrected chi connectivity index (χ2v) is 7.95.